The SMILES string of the molecule is C=CC(N)=O.Cc1ccccc1. The first kappa shape index (κ1) is 10.4. The van der Waals surface area contributed by atoms with Gasteiger partial charge in [0.05, 0.1) is 0 Å². The Kier molecular flexibility index (Phi) is 5.35. The topological polar surface area (TPSA) is 43.1 Å². The fourth-order valence-corrected chi connectivity index (χ4v) is 0.534. The van der Waals surface area contributed by atoms with Gasteiger partial charge in [0.2, 0.25) is 5.91 Å². The first-order valence-corrected chi connectivity index (χ1v) is 3.60. The Morgan fingerprint density at radius 2 is 1.83 bits per heavy atom. The van der Waals surface area contributed by atoms with Gasteiger partial charge < -0.3 is 5.73 Å². The summed E-state index contributed by atoms with van der Waals surface area (Å²) < 4.78 is 0. The van der Waals surface area contributed by atoms with E-state index in [0.29, 0.717) is 0 Å². The predicted octanol–water partition coefficient (Wildman–Crippen LogP) is 1.65. The van der Waals surface area contributed by atoms with Crippen molar-refractivity contribution < 1.29 is 4.79 Å². The van der Waals surface area contributed by atoms with Gasteiger partial charge in [-0.2, -0.15) is 0 Å². The van der Waals surface area contributed by atoms with Crippen molar-refractivity contribution in [3.05, 3.63) is 48.6 Å². The maximum Gasteiger partial charge on any atom is 0.240 e. The third-order valence-electron chi connectivity index (χ3n) is 1.14. The molecule has 0 bridgehead atoms. The molecule has 1 amide bonds. The average molecular weight is 163 g/mol. The molecule has 64 valence electrons. The number of primary amides is 1. The molecular formula is C10H13NO. The van der Waals surface area contributed by atoms with Crippen molar-refractivity contribution in [1.29, 1.82) is 0 Å². The number of hydrogen-bond donors (Lipinski definition) is 1. The van der Waals surface area contributed by atoms with Crippen molar-refractivity contribution in [2.75, 3.05) is 0 Å². The lowest BCUT2D eigenvalue weighted by Gasteiger charge is -1.82. The molecule has 0 aliphatic rings. The van der Waals surface area contributed by atoms with Crippen molar-refractivity contribution >= 4 is 5.91 Å². The molecule has 0 spiro atoms. The summed E-state index contributed by atoms with van der Waals surface area (Å²) >= 11 is 0. The van der Waals surface area contributed by atoms with Gasteiger partial charge in [0, 0.05) is 0 Å². The minimum absolute atomic E-state index is 0.481. The van der Waals surface area contributed by atoms with Crippen LogP contribution in [0.2, 0.25) is 0 Å². The molecule has 0 aliphatic carbocycles. The van der Waals surface area contributed by atoms with Crippen LogP contribution in [0.15, 0.2) is 43.0 Å². The molecule has 2 heteroatoms. The smallest absolute Gasteiger partial charge is 0.240 e. The average Bonchev–Trinajstić information content (AvgIpc) is 2.07. The van der Waals surface area contributed by atoms with E-state index in [1.54, 1.807) is 0 Å². The maximum absolute atomic E-state index is 9.47. The molecule has 1 aromatic carbocycles. The molecule has 0 saturated carbocycles. The summed E-state index contributed by atoms with van der Waals surface area (Å²) in [5.74, 6) is -0.481. The summed E-state index contributed by atoms with van der Waals surface area (Å²) in [5, 5.41) is 0. The van der Waals surface area contributed by atoms with E-state index in [0.717, 1.165) is 6.08 Å². The van der Waals surface area contributed by atoms with Crippen molar-refractivity contribution in [3.8, 4) is 0 Å². The van der Waals surface area contributed by atoms with E-state index in [-0.39, 0.29) is 0 Å². The van der Waals surface area contributed by atoms with Crippen molar-refractivity contribution in [2.45, 2.75) is 6.92 Å². The highest BCUT2D eigenvalue weighted by Crippen LogP contribution is 1.92. The van der Waals surface area contributed by atoms with Crippen molar-refractivity contribution in [3.63, 3.8) is 0 Å². The normalized spacial score (nSPS) is 7.75. The van der Waals surface area contributed by atoms with E-state index in [9.17, 15) is 4.79 Å². The number of benzene rings is 1. The number of aryl methyl sites for hydroxylation is 1. The minimum atomic E-state index is -0.481. The van der Waals surface area contributed by atoms with Gasteiger partial charge in [-0.3, -0.25) is 4.79 Å². The fraction of sp³-hybridized carbons (Fsp3) is 0.100. The Bertz CT molecular complexity index is 241. The first-order chi connectivity index (χ1) is 5.66. The zero-order valence-corrected chi connectivity index (χ0v) is 7.16. The molecule has 0 unspecified atom stereocenters. The second kappa shape index (κ2) is 6.16. The van der Waals surface area contributed by atoms with E-state index in [4.69, 9.17) is 0 Å². The summed E-state index contributed by atoms with van der Waals surface area (Å²) in [6.07, 6.45) is 1.06. The molecule has 0 heterocycles. The first-order valence-electron chi connectivity index (χ1n) is 3.60. The largest absolute Gasteiger partial charge is 0.366 e. The van der Waals surface area contributed by atoms with E-state index in [1.165, 1.54) is 5.56 Å². The highest BCUT2D eigenvalue weighted by atomic mass is 16.1. The molecule has 0 aromatic heterocycles. The van der Waals surface area contributed by atoms with Gasteiger partial charge in [-0.1, -0.05) is 42.5 Å². The minimum Gasteiger partial charge on any atom is -0.366 e. The Labute approximate surface area is 72.7 Å². The van der Waals surface area contributed by atoms with Crippen LogP contribution in [-0.2, 0) is 4.79 Å². The third-order valence-corrected chi connectivity index (χ3v) is 1.14. The van der Waals surface area contributed by atoms with Crippen LogP contribution in [0.25, 0.3) is 0 Å². The molecule has 0 radical (unpaired) electrons. The lowest BCUT2D eigenvalue weighted by molar-refractivity contribution is -0.113. The summed E-state index contributed by atoms with van der Waals surface area (Å²) in [6.45, 7) is 5.17. The van der Waals surface area contributed by atoms with Gasteiger partial charge in [-0.05, 0) is 13.0 Å². The quantitative estimate of drug-likeness (QED) is 0.628. The van der Waals surface area contributed by atoms with Crippen LogP contribution < -0.4 is 5.73 Å². The van der Waals surface area contributed by atoms with E-state index < -0.39 is 5.91 Å². The second-order valence-corrected chi connectivity index (χ2v) is 2.26. The summed E-state index contributed by atoms with van der Waals surface area (Å²) in [5.41, 5.74) is 5.86. The van der Waals surface area contributed by atoms with Crippen LogP contribution >= 0.6 is 0 Å². The van der Waals surface area contributed by atoms with Crippen LogP contribution in [0, 0.1) is 6.92 Å². The van der Waals surface area contributed by atoms with Crippen LogP contribution in [0.4, 0.5) is 0 Å². The van der Waals surface area contributed by atoms with E-state index in [1.807, 2.05) is 18.2 Å². The molecular weight excluding hydrogens is 150 g/mol. The second-order valence-electron chi connectivity index (χ2n) is 2.26. The predicted molar refractivity (Wildman–Crippen MR) is 50.6 cm³/mol. The number of hydrogen-bond acceptors (Lipinski definition) is 1. The lowest BCUT2D eigenvalue weighted by Crippen LogP contribution is -2.04. The number of nitrogens with two attached hydrogens (primary N) is 1. The number of carbonyl (C=O) groups excluding carboxylic acids is 1. The van der Waals surface area contributed by atoms with E-state index in [2.05, 4.69) is 31.4 Å². The summed E-state index contributed by atoms with van der Waals surface area (Å²) in [6, 6.07) is 10.3. The standard InChI is InChI=1S/C7H8.C3H5NO/c1-7-5-3-2-4-6-7;1-2-3(4)5/h2-6H,1H3;2H,1H2,(H2,4,5). The van der Waals surface area contributed by atoms with E-state index >= 15 is 0 Å². The number of rotatable bonds is 1. The molecule has 1 rings (SSSR count). The molecule has 0 fully saturated rings. The van der Waals surface area contributed by atoms with Crippen LogP contribution in [0.1, 0.15) is 5.56 Å². The zero-order chi connectivity index (χ0) is 9.40. The Morgan fingerprint density at radius 1 is 1.42 bits per heavy atom. The highest BCUT2D eigenvalue weighted by molar-refractivity contribution is 5.84. The van der Waals surface area contributed by atoms with Gasteiger partial charge in [-0.25, -0.2) is 0 Å². The lowest BCUT2D eigenvalue weighted by atomic mass is 10.2. The summed E-state index contributed by atoms with van der Waals surface area (Å²) in [7, 11) is 0. The van der Waals surface area contributed by atoms with Gasteiger partial charge in [0.15, 0.2) is 0 Å². The van der Waals surface area contributed by atoms with Crippen molar-refractivity contribution in [2.24, 2.45) is 5.73 Å². The molecule has 2 N–H and O–H groups in total. The van der Waals surface area contributed by atoms with Gasteiger partial charge in [0.1, 0.15) is 0 Å². The fourth-order valence-electron chi connectivity index (χ4n) is 0.534. The van der Waals surface area contributed by atoms with Gasteiger partial charge in [-0.15, -0.1) is 0 Å². The van der Waals surface area contributed by atoms with Gasteiger partial charge >= 0.3 is 0 Å². The van der Waals surface area contributed by atoms with Crippen LogP contribution in [-0.4, -0.2) is 5.91 Å². The molecule has 0 atom stereocenters. The Morgan fingerprint density at radius 3 is 2.00 bits per heavy atom. The van der Waals surface area contributed by atoms with Crippen LogP contribution in [0.3, 0.4) is 0 Å². The number of carbonyl (C=O) groups is 1. The maximum atomic E-state index is 9.47. The highest BCUT2D eigenvalue weighted by Gasteiger charge is 1.72. The number of amides is 1. The Balaban J connectivity index is 0.000000217. The van der Waals surface area contributed by atoms with Crippen LogP contribution in [0.5, 0.6) is 0 Å². The molecule has 2 nitrogen and oxygen atoms in total. The molecule has 1 aromatic rings. The molecule has 12 heavy (non-hydrogen) atoms. The monoisotopic (exact) mass is 163 g/mol. The molecule has 0 aliphatic heterocycles. The Hall–Kier alpha value is -1.57. The zero-order valence-electron chi connectivity index (χ0n) is 7.16. The summed E-state index contributed by atoms with van der Waals surface area (Å²) in [4.78, 5) is 9.47. The third kappa shape index (κ3) is 6.55. The molecule has 0 saturated heterocycles. The van der Waals surface area contributed by atoms with Gasteiger partial charge in [0.25, 0.3) is 0 Å². The van der Waals surface area contributed by atoms with Crippen molar-refractivity contribution in [1.82, 2.24) is 0 Å².